The number of fused-ring (bicyclic) bond motifs is 1. The van der Waals surface area contributed by atoms with Crippen LogP contribution in [0.4, 0.5) is 4.79 Å². The van der Waals surface area contributed by atoms with Crippen molar-refractivity contribution in [3.05, 3.63) is 47.2 Å². The molecule has 0 aliphatic carbocycles. The second-order valence-corrected chi connectivity index (χ2v) is 16.8. The summed E-state index contributed by atoms with van der Waals surface area (Å²) >= 11 is 0. The molecule has 4 aliphatic rings. The number of alkyl carbamates (subject to hydrolysis) is 1. The quantitative estimate of drug-likeness (QED) is 0.0739. The van der Waals surface area contributed by atoms with Crippen LogP contribution < -0.4 is 42.2 Å². The molecule has 1 saturated heterocycles. The summed E-state index contributed by atoms with van der Waals surface area (Å²) in [6.07, 6.45) is 0.0273. The number of aromatic nitrogens is 2. The molecule has 1 aromatic heterocycles. The summed E-state index contributed by atoms with van der Waals surface area (Å²) in [6, 6.07) is 3.78. The van der Waals surface area contributed by atoms with E-state index in [1.54, 1.807) is 46.8 Å². The summed E-state index contributed by atoms with van der Waals surface area (Å²) in [7, 11) is 0. The van der Waals surface area contributed by atoms with Crippen LogP contribution in [0.2, 0.25) is 0 Å². The molecule has 0 saturated carbocycles. The van der Waals surface area contributed by atoms with Gasteiger partial charge < -0.3 is 66.8 Å². The van der Waals surface area contributed by atoms with Gasteiger partial charge in [-0.05, 0) is 50.7 Å². The predicted octanol–water partition coefficient (Wildman–Crippen LogP) is -0.787. The normalized spacial score (nSPS) is 24.1. The van der Waals surface area contributed by atoms with Crippen LogP contribution in [0, 0.1) is 5.92 Å². The molecular weight excluding hydrogens is 770 g/mol. The van der Waals surface area contributed by atoms with Crippen molar-refractivity contribution in [2.45, 2.75) is 102 Å². The number of carbonyl (C=O) groups excluding carboxylic acids is 4. The lowest BCUT2D eigenvalue weighted by Gasteiger charge is -2.49. The maximum Gasteiger partial charge on any atom is 0.408 e. The van der Waals surface area contributed by atoms with Gasteiger partial charge in [0.05, 0.1) is 18.2 Å². The number of nitrogens with zero attached hydrogens (tertiary/aromatic N) is 5. The number of ether oxygens (including phenoxy) is 4. The molecule has 21 nitrogen and oxygen atoms in total. The Kier molecular flexibility index (Phi) is 11.6. The summed E-state index contributed by atoms with van der Waals surface area (Å²) in [4.78, 5) is 62.1. The van der Waals surface area contributed by atoms with Crippen molar-refractivity contribution in [2.75, 3.05) is 32.9 Å². The summed E-state index contributed by atoms with van der Waals surface area (Å²) in [6.45, 7) is 12.6. The second kappa shape index (κ2) is 16.0. The van der Waals surface area contributed by atoms with E-state index < -0.39 is 65.1 Å². The molecule has 5 atom stereocenters. The molecule has 10 N–H and O–H groups in total. The predicted molar refractivity (Wildman–Crippen MR) is 210 cm³/mol. The van der Waals surface area contributed by atoms with Gasteiger partial charge in [0, 0.05) is 24.7 Å². The van der Waals surface area contributed by atoms with E-state index in [-0.39, 0.29) is 66.7 Å². The maximum absolute atomic E-state index is 13.7. The van der Waals surface area contributed by atoms with Crippen LogP contribution >= 0.6 is 0 Å². The van der Waals surface area contributed by atoms with Crippen LogP contribution in [0.1, 0.15) is 81.3 Å². The number of carbonyl (C=O) groups is 4. The Morgan fingerprint density at radius 3 is 2.47 bits per heavy atom. The molecule has 1 unspecified atom stereocenters. The highest BCUT2D eigenvalue weighted by molar-refractivity contribution is 5.98. The Hall–Kier alpha value is -5.96. The van der Waals surface area contributed by atoms with Gasteiger partial charge in [0.2, 0.25) is 11.7 Å². The minimum Gasteiger partial charge on any atom is -0.492 e. The van der Waals surface area contributed by atoms with Crippen LogP contribution in [0.3, 0.4) is 0 Å². The monoisotopic (exact) mass is 823 g/mol. The average Bonchev–Trinajstić information content (AvgIpc) is 3.63. The highest BCUT2D eigenvalue weighted by Gasteiger charge is 2.73. The number of aliphatic imine (C=N–C) groups is 2. The first kappa shape index (κ1) is 42.6. The molecule has 3 amide bonds. The number of nitrogens with two attached hydrogens (primary N) is 2. The first-order chi connectivity index (χ1) is 27.6. The Morgan fingerprint density at radius 2 is 1.80 bits per heavy atom. The van der Waals surface area contributed by atoms with Gasteiger partial charge in [-0.25, -0.2) is 19.6 Å². The standard InChI is InChI=1S/C38H53N11O10/c1-19(2)26(44-34(53)59-35(3,4)5)31(52)58-16-15-56-25-12-11-22(47-48-25)30(51)41-17-23-28-37(46-32(39)45-28)38(54,55)24(18-49(37)33(40)42-23)43-29(50)20-9-8-10-21-27(20)57-14-13-36(21,6)7/h8-12,19,23-24,26,28,54-55H,13-18H2,1-7H3,(H2,40,42)(H,41,51)(H,43,50)(H,44,53)(H3,39,45,46)/t23-,24?,26-,28-,37-/m0/s1. The van der Waals surface area contributed by atoms with E-state index >= 15 is 0 Å². The molecule has 2 aromatic rings. The van der Waals surface area contributed by atoms with Gasteiger partial charge in [0.25, 0.3) is 11.8 Å². The minimum atomic E-state index is -2.71. The molecule has 1 fully saturated rings. The van der Waals surface area contributed by atoms with Crippen LogP contribution in [-0.2, 0) is 19.7 Å². The highest BCUT2D eigenvalue weighted by Crippen LogP contribution is 2.45. The van der Waals surface area contributed by atoms with E-state index in [0.717, 1.165) is 12.0 Å². The molecule has 1 aromatic carbocycles. The molecule has 320 valence electrons. The van der Waals surface area contributed by atoms with E-state index in [9.17, 15) is 29.4 Å². The molecule has 59 heavy (non-hydrogen) atoms. The largest absolute Gasteiger partial charge is 0.492 e. The number of hydrogen-bond donors (Lipinski definition) is 8. The zero-order valence-corrected chi connectivity index (χ0v) is 34.1. The number of amides is 3. The second-order valence-electron chi connectivity index (χ2n) is 16.8. The van der Waals surface area contributed by atoms with Crippen LogP contribution in [-0.4, -0.2) is 135 Å². The van der Waals surface area contributed by atoms with Crippen LogP contribution in [0.5, 0.6) is 11.6 Å². The number of aliphatic hydroxyl groups is 2. The fourth-order valence-electron chi connectivity index (χ4n) is 7.55. The van der Waals surface area contributed by atoms with Gasteiger partial charge in [0.1, 0.15) is 42.7 Å². The third kappa shape index (κ3) is 8.47. The van der Waals surface area contributed by atoms with Crippen LogP contribution in [0.25, 0.3) is 0 Å². The summed E-state index contributed by atoms with van der Waals surface area (Å²) < 4.78 is 21.9. The molecule has 0 radical (unpaired) electrons. The molecule has 0 bridgehead atoms. The lowest BCUT2D eigenvalue weighted by Crippen LogP contribution is -2.78. The van der Waals surface area contributed by atoms with E-state index in [2.05, 4.69) is 55.3 Å². The average molecular weight is 824 g/mol. The Bertz CT molecular complexity index is 2020. The number of guanidine groups is 2. The van der Waals surface area contributed by atoms with Crippen molar-refractivity contribution in [1.82, 2.24) is 36.4 Å². The fraction of sp³-hybridized carbons (Fsp3) is 0.579. The smallest absolute Gasteiger partial charge is 0.408 e. The third-order valence-corrected chi connectivity index (χ3v) is 10.6. The summed E-state index contributed by atoms with van der Waals surface area (Å²) in [5.74, 6) is -4.61. The maximum atomic E-state index is 13.7. The number of benzene rings is 1. The minimum absolute atomic E-state index is 0.0482. The van der Waals surface area contributed by atoms with Gasteiger partial charge in [-0.1, -0.05) is 39.8 Å². The van der Waals surface area contributed by atoms with Crippen molar-refractivity contribution in [1.29, 1.82) is 0 Å². The van der Waals surface area contributed by atoms with Crippen molar-refractivity contribution in [2.24, 2.45) is 27.4 Å². The van der Waals surface area contributed by atoms with Gasteiger partial charge in [-0.2, -0.15) is 0 Å². The zero-order valence-electron chi connectivity index (χ0n) is 34.1. The SMILES string of the molecule is CC(C)[C@H](NC(=O)OC(C)(C)C)C(=O)OCCOc1ccc(C(=O)NC[C@@H]2N=C(N)N3CC(NC(=O)c4cccc5c4OCCC5(C)C)C(O)(O)[C@@]34NC(N)=N[C@@H]24)nn1. The van der Waals surface area contributed by atoms with Gasteiger partial charge in [-0.3, -0.25) is 9.59 Å². The van der Waals surface area contributed by atoms with E-state index in [1.807, 2.05) is 6.07 Å². The number of nitrogens with one attached hydrogen (secondary N) is 4. The number of esters is 1. The number of para-hydroxylation sites is 1. The van der Waals surface area contributed by atoms with Gasteiger partial charge >= 0.3 is 12.1 Å². The van der Waals surface area contributed by atoms with E-state index in [0.29, 0.717) is 12.4 Å². The zero-order chi connectivity index (χ0) is 43.1. The van der Waals surface area contributed by atoms with Crippen molar-refractivity contribution in [3.63, 3.8) is 0 Å². The molecular formula is C38H53N11O10. The Labute approximate surface area is 340 Å². The Morgan fingerprint density at radius 1 is 1.05 bits per heavy atom. The van der Waals surface area contributed by atoms with Crippen molar-refractivity contribution < 1.29 is 48.3 Å². The van der Waals surface area contributed by atoms with E-state index in [4.69, 9.17) is 30.4 Å². The first-order valence-corrected chi connectivity index (χ1v) is 19.3. The molecule has 6 rings (SSSR count). The molecule has 4 aliphatic heterocycles. The fourth-order valence-corrected chi connectivity index (χ4v) is 7.55. The summed E-state index contributed by atoms with van der Waals surface area (Å²) in [5.41, 5.74) is 10.8. The lowest BCUT2D eigenvalue weighted by molar-refractivity contribution is -0.230. The van der Waals surface area contributed by atoms with Crippen LogP contribution in [0.15, 0.2) is 40.3 Å². The Balaban J connectivity index is 1.05. The molecule has 21 heteroatoms. The molecule has 1 spiro atoms. The highest BCUT2D eigenvalue weighted by atomic mass is 16.6. The number of hydrogen-bond acceptors (Lipinski definition) is 18. The van der Waals surface area contributed by atoms with Gasteiger partial charge in [-0.15, -0.1) is 10.2 Å². The van der Waals surface area contributed by atoms with Crippen molar-refractivity contribution >= 4 is 35.8 Å². The topological polar surface area (TPSA) is 300 Å². The van der Waals surface area contributed by atoms with E-state index in [1.165, 1.54) is 17.0 Å². The summed E-state index contributed by atoms with van der Waals surface area (Å²) in [5, 5.41) is 42.5. The number of rotatable bonds is 12. The first-order valence-electron chi connectivity index (χ1n) is 19.3. The molecule has 5 heterocycles. The lowest BCUT2D eigenvalue weighted by atomic mass is 9.79. The third-order valence-electron chi connectivity index (χ3n) is 10.6. The van der Waals surface area contributed by atoms with Crippen molar-refractivity contribution in [3.8, 4) is 11.6 Å². The van der Waals surface area contributed by atoms with Gasteiger partial charge in [0.15, 0.2) is 23.3 Å².